The van der Waals surface area contributed by atoms with Gasteiger partial charge < -0.3 is 5.32 Å². The van der Waals surface area contributed by atoms with Crippen LogP contribution >= 0.6 is 11.6 Å². The standard InChI is InChI=1S/C19H20ClN7O3S/c20-13-9-12(4-5-14(13)31(21,29)30)23-18-22-10-11-8-15-25-26-17(28)19(6-2-1-3-7-19)27(15)16(11)24-18/h4-5,8-10,25H,1-3,6-7H2,(H,26,28)(H2,21,29,30)(H,22,23,24). The summed E-state index contributed by atoms with van der Waals surface area (Å²) >= 11 is 6.07. The fourth-order valence-electron chi connectivity index (χ4n) is 4.44. The molecule has 3 aromatic rings. The van der Waals surface area contributed by atoms with Crippen LogP contribution in [0.25, 0.3) is 11.0 Å². The van der Waals surface area contributed by atoms with Crippen molar-refractivity contribution >= 4 is 56.0 Å². The summed E-state index contributed by atoms with van der Waals surface area (Å²) in [4.78, 5) is 21.7. The maximum atomic E-state index is 12.9. The van der Waals surface area contributed by atoms with Gasteiger partial charge in [-0.1, -0.05) is 30.9 Å². The molecule has 0 bridgehead atoms. The highest BCUT2D eigenvalue weighted by Gasteiger charge is 2.46. The molecule has 1 aliphatic carbocycles. The van der Waals surface area contributed by atoms with Crippen molar-refractivity contribution in [2.75, 3.05) is 10.7 Å². The van der Waals surface area contributed by atoms with Crippen molar-refractivity contribution in [3.63, 3.8) is 0 Å². The molecule has 10 nitrogen and oxygen atoms in total. The van der Waals surface area contributed by atoms with Gasteiger partial charge in [-0.15, -0.1) is 0 Å². The van der Waals surface area contributed by atoms with E-state index in [0.717, 1.165) is 43.3 Å². The Morgan fingerprint density at radius 1 is 1.16 bits per heavy atom. The van der Waals surface area contributed by atoms with Crippen LogP contribution in [0.5, 0.6) is 0 Å². The monoisotopic (exact) mass is 461 g/mol. The highest BCUT2D eigenvalue weighted by molar-refractivity contribution is 7.89. The van der Waals surface area contributed by atoms with Gasteiger partial charge in [0.1, 0.15) is 21.9 Å². The van der Waals surface area contributed by atoms with Crippen LogP contribution in [0.3, 0.4) is 0 Å². The average Bonchev–Trinajstić information content (AvgIpc) is 3.10. The van der Waals surface area contributed by atoms with Crippen LogP contribution in [-0.4, -0.2) is 28.9 Å². The van der Waals surface area contributed by atoms with Crippen molar-refractivity contribution in [2.45, 2.75) is 42.5 Å². The van der Waals surface area contributed by atoms with Gasteiger partial charge in [-0.3, -0.25) is 20.2 Å². The number of anilines is 3. The third kappa shape index (κ3) is 3.29. The number of carbonyl (C=O) groups is 1. The van der Waals surface area contributed by atoms with Gasteiger partial charge in [-0.25, -0.2) is 18.5 Å². The minimum Gasteiger partial charge on any atom is -0.324 e. The van der Waals surface area contributed by atoms with Gasteiger partial charge in [0.05, 0.1) is 5.02 Å². The van der Waals surface area contributed by atoms with Gasteiger partial charge in [0, 0.05) is 17.3 Å². The number of nitrogens with two attached hydrogens (primary N) is 1. The molecule has 3 heterocycles. The van der Waals surface area contributed by atoms with Crippen molar-refractivity contribution in [3.05, 3.63) is 35.5 Å². The van der Waals surface area contributed by atoms with Crippen LogP contribution in [0.1, 0.15) is 32.1 Å². The van der Waals surface area contributed by atoms with Crippen LogP contribution in [0, 0.1) is 0 Å². The third-order valence-corrected chi connectivity index (χ3v) is 7.26. The lowest BCUT2D eigenvalue weighted by molar-refractivity contribution is -0.131. The Bertz CT molecular complexity index is 1320. The molecule has 0 unspecified atom stereocenters. The van der Waals surface area contributed by atoms with Gasteiger partial charge in [0.2, 0.25) is 16.0 Å². The first-order chi connectivity index (χ1) is 14.8. The number of nitrogens with zero attached hydrogens (tertiary/aromatic N) is 3. The van der Waals surface area contributed by atoms with Crippen LogP contribution in [0.15, 0.2) is 35.4 Å². The quantitative estimate of drug-likeness (QED) is 0.469. The number of hydrogen-bond acceptors (Lipinski definition) is 7. The average molecular weight is 462 g/mol. The number of hydrazine groups is 1. The number of halogens is 1. The molecule has 0 saturated heterocycles. The van der Waals surface area contributed by atoms with Gasteiger partial charge in [-0.05, 0) is 37.1 Å². The molecule has 12 heteroatoms. The van der Waals surface area contributed by atoms with E-state index in [9.17, 15) is 13.2 Å². The van der Waals surface area contributed by atoms with Crippen LogP contribution < -0.4 is 21.3 Å². The highest BCUT2D eigenvalue weighted by atomic mass is 35.5. The zero-order chi connectivity index (χ0) is 21.8. The van der Waals surface area contributed by atoms with E-state index in [-0.39, 0.29) is 15.8 Å². The molecular formula is C19H20ClN7O3S. The lowest BCUT2D eigenvalue weighted by atomic mass is 9.80. The summed E-state index contributed by atoms with van der Waals surface area (Å²) in [5.41, 5.74) is 6.22. The number of primary sulfonamides is 1. The number of fused-ring (bicyclic) bond motifs is 4. The Balaban J connectivity index is 1.56. The molecule has 2 aromatic heterocycles. The van der Waals surface area contributed by atoms with E-state index in [4.69, 9.17) is 16.7 Å². The predicted molar refractivity (Wildman–Crippen MR) is 116 cm³/mol. The second-order valence-electron chi connectivity index (χ2n) is 7.82. The number of nitrogens with one attached hydrogen (secondary N) is 3. The van der Waals surface area contributed by atoms with Gasteiger partial charge >= 0.3 is 0 Å². The van der Waals surface area contributed by atoms with E-state index in [0.29, 0.717) is 17.3 Å². The molecule has 1 fully saturated rings. The van der Waals surface area contributed by atoms with E-state index in [1.54, 1.807) is 6.20 Å². The molecular weight excluding hydrogens is 442 g/mol. The molecule has 2 aliphatic rings. The Morgan fingerprint density at radius 2 is 1.94 bits per heavy atom. The summed E-state index contributed by atoms with van der Waals surface area (Å²) in [5.74, 6) is 1.00. The molecule has 1 amide bonds. The first-order valence-corrected chi connectivity index (χ1v) is 11.8. The molecule has 1 aliphatic heterocycles. The Kier molecular flexibility index (Phi) is 4.57. The topological polar surface area (TPSA) is 144 Å². The smallest absolute Gasteiger partial charge is 0.264 e. The molecule has 0 atom stereocenters. The van der Waals surface area contributed by atoms with Gasteiger partial charge in [-0.2, -0.15) is 4.98 Å². The maximum absolute atomic E-state index is 12.9. The lowest BCUT2D eigenvalue weighted by Gasteiger charge is -2.41. The number of aromatic nitrogens is 3. The number of carbonyl (C=O) groups excluding carboxylic acids is 1. The summed E-state index contributed by atoms with van der Waals surface area (Å²) < 4.78 is 25.1. The second kappa shape index (κ2) is 7.08. The lowest BCUT2D eigenvalue weighted by Crippen LogP contribution is -2.55. The van der Waals surface area contributed by atoms with E-state index in [1.807, 2.05) is 10.6 Å². The molecule has 1 saturated carbocycles. The minimum atomic E-state index is -3.91. The van der Waals surface area contributed by atoms with Crippen LogP contribution in [0.4, 0.5) is 17.5 Å². The number of benzene rings is 1. The van der Waals surface area contributed by atoms with Crippen molar-refractivity contribution in [1.82, 2.24) is 20.0 Å². The molecule has 5 rings (SSSR count). The minimum absolute atomic E-state index is 0.00401. The second-order valence-corrected chi connectivity index (χ2v) is 9.76. The van der Waals surface area contributed by atoms with Gasteiger partial charge in [0.15, 0.2) is 0 Å². The first-order valence-electron chi connectivity index (χ1n) is 9.83. The zero-order valence-corrected chi connectivity index (χ0v) is 17.9. The van der Waals surface area contributed by atoms with E-state index in [2.05, 4.69) is 26.1 Å². The van der Waals surface area contributed by atoms with Crippen molar-refractivity contribution in [1.29, 1.82) is 0 Å². The summed E-state index contributed by atoms with van der Waals surface area (Å²) in [5, 5.41) is 8.99. The van der Waals surface area contributed by atoms with E-state index >= 15 is 0 Å². The van der Waals surface area contributed by atoms with Crippen molar-refractivity contribution in [3.8, 4) is 0 Å². The molecule has 1 spiro atoms. The molecule has 0 radical (unpaired) electrons. The summed E-state index contributed by atoms with van der Waals surface area (Å²) in [6.07, 6.45) is 6.21. The molecule has 162 valence electrons. The largest absolute Gasteiger partial charge is 0.324 e. The molecule has 1 aromatic carbocycles. The number of sulfonamides is 1. The maximum Gasteiger partial charge on any atom is 0.264 e. The van der Waals surface area contributed by atoms with Crippen LogP contribution in [-0.2, 0) is 20.4 Å². The fourth-order valence-corrected chi connectivity index (χ4v) is 5.53. The summed E-state index contributed by atoms with van der Waals surface area (Å²) in [7, 11) is -3.91. The van der Waals surface area contributed by atoms with E-state index < -0.39 is 15.6 Å². The first kappa shape index (κ1) is 20.0. The normalized spacial score (nSPS) is 17.8. The number of rotatable bonds is 3. The highest BCUT2D eigenvalue weighted by Crippen LogP contribution is 2.42. The van der Waals surface area contributed by atoms with E-state index in [1.165, 1.54) is 18.2 Å². The predicted octanol–water partition coefficient (Wildman–Crippen LogP) is 2.59. The summed E-state index contributed by atoms with van der Waals surface area (Å²) in [6, 6.07) is 6.21. The van der Waals surface area contributed by atoms with Crippen molar-refractivity contribution in [2.24, 2.45) is 5.14 Å². The zero-order valence-electron chi connectivity index (χ0n) is 16.4. The van der Waals surface area contributed by atoms with Crippen LogP contribution in [0.2, 0.25) is 5.02 Å². The number of hydrogen-bond donors (Lipinski definition) is 4. The number of amides is 1. The molecule has 5 N–H and O–H groups in total. The third-order valence-electron chi connectivity index (χ3n) is 5.87. The SMILES string of the molecule is NS(=O)(=O)c1ccc(Nc2ncc3cc4n(c3n2)C2(CCCCC2)C(=O)NN4)cc1Cl. The Labute approximate surface area is 183 Å². The Hall–Kier alpha value is -2.89. The molecule has 31 heavy (non-hydrogen) atoms. The fraction of sp³-hybridized carbons (Fsp3) is 0.316. The Morgan fingerprint density at radius 3 is 2.65 bits per heavy atom. The van der Waals surface area contributed by atoms with Gasteiger partial charge in [0.25, 0.3) is 5.91 Å². The van der Waals surface area contributed by atoms with Crippen molar-refractivity contribution < 1.29 is 13.2 Å². The summed E-state index contributed by atoms with van der Waals surface area (Å²) in [6.45, 7) is 0.